The molecule has 1 aromatic heterocycles. The van der Waals surface area contributed by atoms with Crippen LogP contribution in [0.3, 0.4) is 0 Å². The summed E-state index contributed by atoms with van der Waals surface area (Å²) in [6, 6.07) is 0. The Bertz CT molecular complexity index is 450. The molecule has 0 aromatic carbocycles. The van der Waals surface area contributed by atoms with Gasteiger partial charge >= 0.3 is 5.97 Å². The molecule has 0 saturated heterocycles. The summed E-state index contributed by atoms with van der Waals surface area (Å²) >= 11 is 3.18. The van der Waals surface area contributed by atoms with Crippen molar-refractivity contribution in [1.82, 2.24) is 9.97 Å². The molecule has 0 aliphatic heterocycles. The van der Waals surface area contributed by atoms with E-state index < -0.39 is 0 Å². The van der Waals surface area contributed by atoms with Gasteiger partial charge in [-0.25, -0.2) is 9.97 Å². The number of carbonyl (C=O) groups is 1. The second kappa shape index (κ2) is 7.02. The minimum atomic E-state index is -0.111. The quantitative estimate of drug-likeness (QED) is 0.621. The number of nitrogens with zero attached hydrogens (tertiary/aromatic N) is 2. The topological polar surface area (TPSA) is 61.3 Å². The van der Waals surface area contributed by atoms with Crippen molar-refractivity contribution in [2.75, 3.05) is 0 Å². The minimum absolute atomic E-state index is 0.0261. The molecule has 0 radical (unpaired) electrons. The molecule has 20 heavy (non-hydrogen) atoms. The largest absolute Gasteiger partial charge is 0.487 e. The van der Waals surface area contributed by atoms with Crippen LogP contribution >= 0.6 is 15.9 Å². The molecule has 1 saturated carbocycles. The summed E-state index contributed by atoms with van der Waals surface area (Å²) in [6.07, 6.45) is 6.72. The number of ether oxygens (including phenoxy) is 2. The highest BCUT2D eigenvalue weighted by atomic mass is 79.9. The smallest absolute Gasteiger partial charge is 0.309 e. The Hall–Kier alpha value is -1.17. The number of hydrogen-bond acceptors (Lipinski definition) is 5. The molecule has 1 heterocycles. The van der Waals surface area contributed by atoms with Gasteiger partial charge in [-0.15, -0.1) is 0 Å². The van der Waals surface area contributed by atoms with E-state index in [1.54, 1.807) is 12.4 Å². The summed E-state index contributed by atoms with van der Waals surface area (Å²) < 4.78 is 11.7. The summed E-state index contributed by atoms with van der Waals surface area (Å²) in [7, 11) is 0. The molecule has 0 unspecified atom stereocenters. The van der Waals surface area contributed by atoms with Crippen molar-refractivity contribution in [3.63, 3.8) is 0 Å². The third-order valence-electron chi connectivity index (χ3n) is 3.21. The molecule has 0 spiro atoms. The third-order valence-corrected chi connectivity index (χ3v) is 3.62. The van der Waals surface area contributed by atoms with E-state index in [1.165, 1.54) is 0 Å². The van der Waals surface area contributed by atoms with E-state index in [9.17, 15) is 4.79 Å². The van der Waals surface area contributed by atoms with Crippen molar-refractivity contribution < 1.29 is 14.3 Å². The molecule has 0 amide bonds. The van der Waals surface area contributed by atoms with Crippen molar-refractivity contribution in [2.24, 2.45) is 5.92 Å². The average Bonchev–Trinajstić information content (AvgIpc) is 2.41. The first-order chi connectivity index (χ1) is 9.54. The van der Waals surface area contributed by atoms with Gasteiger partial charge in [0.05, 0.1) is 30.5 Å². The lowest BCUT2D eigenvalue weighted by Gasteiger charge is -2.28. The Morgan fingerprint density at radius 3 is 2.70 bits per heavy atom. The fraction of sp³-hybridized carbons (Fsp3) is 0.643. The fourth-order valence-corrected chi connectivity index (χ4v) is 2.55. The predicted molar refractivity (Wildman–Crippen MR) is 77.3 cm³/mol. The Labute approximate surface area is 127 Å². The van der Waals surface area contributed by atoms with Crippen LogP contribution in [0, 0.1) is 5.92 Å². The van der Waals surface area contributed by atoms with Gasteiger partial charge in [0.2, 0.25) is 0 Å². The lowest BCUT2D eigenvalue weighted by Crippen LogP contribution is -2.31. The average molecular weight is 343 g/mol. The second-order valence-electron chi connectivity index (χ2n) is 5.28. The van der Waals surface area contributed by atoms with Gasteiger partial charge in [0.25, 0.3) is 0 Å². The van der Waals surface area contributed by atoms with E-state index in [4.69, 9.17) is 9.47 Å². The zero-order chi connectivity index (χ0) is 14.5. The first kappa shape index (κ1) is 15.2. The molecular formula is C14H19BrN2O3. The Balaban J connectivity index is 1.90. The maximum atomic E-state index is 11.9. The van der Waals surface area contributed by atoms with Crippen molar-refractivity contribution in [3.05, 3.63) is 17.1 Å². The first-order valence-corrected chi connectivity index (χ1v) is 7.68. The van der Waals surface area contributed by atoms with Gasteiger partial charge in [0.1, 0.15) is 0 Å². The second-order valence-corrected chi connectivity index (χ2v) is 5.99. The number of halogens is 1. The van der Waals surface area contributed by atoms with Crippen LogP contribution in [0.25, 0.3) is 0 Å². The lowest BCUT2D eigenvalue weighted by molar-refractivity contribution is -0.154. The maximum Gasteiger partial charge on any atom is 0.309 e. The highest BCUT2D eigenvalue weighted by Gasteiger charge is 2.30. The Kier molecular flexibility index (Phi) is 5.34. The molecule has 6 heteroatoms. The third kappa shape index (κ3) is 4.44. The Morgan fingerprint density at radius 1 is 1.35 bits per heavy atom. The lowest BCUT2D eigenvalue weighted by atomic mass is 9.87. The number of rotatable bonds is 4. The monoisotopic (exact) mass is 342 g/mol. The number of esters is 1. The van der Waals surface area contributed by atoms with Gasteiger partial charge in [0.15, 0.2) is 10.5 Å². The van der Waals surface area contributed by atoms with Crippen LogP contribution in [0.5, 0.6) is 5.75 Å². The van der Waals surface area contributed by atoms with Crippen LogP contribution < -0.4 is 4.74 Å². The van der Waals surface area contributed by atoms with E-state index in [0.29, 0.717) is 16.9 Å². The highest BCUT2D eigenvalue weighted by molar-refractivity contribution is 9.10. The molecule has 1 aliphatic carbocycles. The molecule has 1 fully saturated rings. The van der Waals surface area contributed by atoms with E-state index in [0.717, 1.165) is 19.3 Å². The molecule has 1 aromatic rings. The first-order valence-electron chi connectivity index (χ1n) is 6.89. The molecule has 5 nitrogen and oxygen atoms in total. The summed E-state index contributed by atoms with van der Waals surface area (Å²) in [4.78, 5) is 20.0. The summed E-state index contributed by atoms with van der Waals surface area (Å²) in [6.45, 7) is 3.74. The SMILES string of the molecule is CC(C)OC(=O)[C@H]1CCC[C@H](Oc2cnc(Br)nc2)C1. The van der Waals surface area contributed by atoms with E-state index >= 15 is 0 Å². The van der Waals surface area contributed by atoms with Gasteiger partial charge in [-0.2, -0.15) is 0 Å². The van der Waals surface area contributed by atoms with Crippen LogP contribution in [-0.2, 0) is 9.53 Å². The van der Waals surface area contributed by atoms with Gasteiger partial charge in [-0.05, 0) is 55.5 Å². The number of carbonyl (C=O) groups excluding carboxylic acids is 1. The van der Waals surface area contributed by atoms with Crippen LogP contribution in [0.4, 0.5) is 0 Å². The number of hydrogen-bond donors (Lipinski definition) is 0. The van der Waals surface area contributed by atoms with E-state index in [2.05, 4.69) is 25.9 Å². The van der Waals surface area contributed by atoms with Crippen LogP contribution in [-0.4, -0.2) is 28.1 Å². The highest BCUT2D eigenvalue weighted by Crippen LogP contribution is 2.28. The molecule has 110 valence electrons. The number of aromatic nitrogens is 2. The van der Waals surface area contributed by atoms with Crippen molar-refractivity contribution >= 4 is 21.9 Å². The van der Waals surface area contributed by atoms with E-state index in [-0.39, 0.29) is 24.1 Å². The summed E-state index contributed by atoms with van der Waals surface area (Å²) in [5, 5.41) is 0. The summed E-state index contributed by atoms with van der Waals surface area (Å²) in [5.74, 6) is 0.462. The standard InChI is InChI=1S/C14H19BrN2O3/c1-9(2)19-13(18)10-4-3-5-11(6-10)20-12-7-16-14(15)17-8-12/h7-11H,3-6H2,1-2H3/t10-,11-/m0/s1. The van der Waals surface area contributed by atoms with Gasteiger partial charge < -0.3 is 9.47 Å². The molecular weight excluding hydrogens is 324 g/mol. The van der Waals surface area contributed by atoms with Gasteiger partial charge in [-0.3, -0.25) is 4.79 Å². The predicted octanol–water partition coefficient (Wildman–Crippen LogP) is 3.13. The van der Waals surface area contributed by atoms with Crippen molar-refractivity contribution in [1.29, 1.82) is 0 Å². The summed E-state index contributed by atoms with van der Waals surface area (Å²) in [5.41, 5.74) is 0. The van der Waals surface area contributed by atoms with Gasteiger partial charge in [-0.1, -0.05) is 0 Å². The Morgan fingerprint density at radius 2 is 2.05 bits per heavy atom. The molecule has 2 atom stereocenters. The zero-order valence-electron chi connectivity index (χ0n) is 11.7. The molecule has 0 N–H and O–H groups in total. The van der Waals surface area contributed by atoms with Crippen molar-refractivity contribution in [3.8, 4) is 5.75 Å². The maximum absolute atomic E-state index is 11.9. The van der Waals surface area contributed by atoms with Crippen molar-refractivity contribution in [2.45, 2.75) is 51.7 Å². The van der Waals surface area contributed by atoms with Crippen LogP contribution in [0.2, 0.25) is 0 Å². The van der Waals surface area contributed by atoms with Crippen LogP contribution in [0.15, 0.2) is 17.1 Å². The normalized spacial score (nSPS) is 22.6. The molecule has 0 bridgehead atoms. The zero-order valence-corrected chi connectivity index (χ0v) is 13.3. The molecule has 1 aliphatic rings. The van der Waals surface area contributed by atoms with Gasteiger partial charge in [0, 0.05) is 0 Å². The molecule has 2 rings (SSSR count). The van der Waals surface area contributed by atoms with Crippen LogP contribution in [0.1, 0.15) is 39.5 Å². The fourth-order valence-electron chi connectivity index (χ4n) is 2.35. The van der Waals surface area contributed by atoms with E-state index in [1.807, 2.05) is 13.8 Å². The minimum Gasteiger partial charge on any atom is -0.487 e.